The Morgan fingerprint density at radius 3 is 2.40 bits per heavy atom. The van der Waals surface area contributed by atoms with Crippen LogP contribution in [0.5, 0.6) is 0 Å². The third kappa shape index (κ3) is 4.30. The van der Waals surface area contributed by atoms with Gasteiger partial charge in [-0.15, -0.1) is 0 Å². The zero-order chi connectivity index (χ0) is 14.4. The molecule has 5 nitrogen and oxygen atoms in total. The molecule has 1 aromatic heterocycles. The van der Waals surface area contributed by atoms with E-state index in [1.54, 1.807) is 12.1 Å². The molecule has 0 bridgehead atoms. The molecule has 1 amide bonds. The van der Waals surface area contributed by atoms with Crippen molar-refractivity contribution in [2.75, 3.05) is 11.9 Å². The molecule has 0 saturated carbocycles. The number of carbonyl (C=O) groups is 2. The molecule has 1 heterocycles. The van der Waals surface area contributed by atoms with E-state index in [0.717, 1.165) is 3.57 Å². The molecule has 0 aliphatic carbocycles. The summed E-state index contributed by atoms with van der Waals surface area (Å²) < 4.78 is 5.98. The maximum absolute atomic E-state index is 11.6. The first kappa shape index (κ1) is 14.4. The molecule has 20 heavy (non-hydrogen) atoms. The molecule has 0 radical (unpaired) electrons. The van der Waals surface area contributed by atoms with Crippen LogP contribution in [0.1, 0.15) is 10.4 Å². The predicted molar refractivity (Wildman–Crippen MR) is 82.3 cm³/mol. The van der Waals surface area contributed by atoms with E-state index in [9.17, 15) is 9.59 Å². The van der Waals surface area contributed by atoms with E-state index in [1.807, 2.05) is 12.1 Å². The van der Waals surface area contributed by atoms with Crippen LogP contribution in [0.15, 0.2) is 48.8 Å². The highest BCUT2D eigenvalue weighted by molar-refractivity contribution is 14.1. The van der Waals surface area contributed by atoms with Crippen LogP contribution in [0.25, 0.3) is 0 Å². The largest absolute Gasteiger partial charge is 0.452 e. The van der Waals surface area contributed by atoms with Crippen LogP contribution in [-0.2, 0) is 9.53 Å². The number of carbonyl (C=O) groups excluding carboxylic acids is 2. The molecule has 1 N–H and O–H groups in total. The first-order valence-electron chi connectivity index (χ1n) is 5.78. The van der Waals surface area contributed by atoms with Gasteiger partial charge < -0.3 is 10.1 Å². The average Bonchev–Trinajstić information content (AvgIpc) is 2.48. The smallest absolute Gasteiger partial charge is 0.338 e. The second-order valence-corrected chi connectivity index (χ2v) is 5.11. The highest BCUT2D eigenvalue weighted by Crippen LogP contribution is 2.11. The Bertz CT molecular complexity index is 600. The normalized spacial score (nSPS) is 9.85. The zero-order valence-corrected chi connectivity index (χ0v) is 12.5. The molecule has 0 spiro atoms. The lowest BCUT2D eigenvalue weighted by Gasteiger charge is -2.06. The van der Waals surface area contributed by atoms with Crippen LogP contribution in [0.3, 0.4) is 0 Å². The van der Waals surface area contributed by atoms with Crippen molar-refractivity contribution in [2.24, 2.45) is 0 Å². The van der Waals surface area contributed by atoms with Crippen molar-refractivity contribution in [3.63, 3.8) is 0 Å². The summed E-state index contributed by atoms with van der Waals surface area (Å²) >= 11 is 2.17. The maximum atomic E-state index is 11.6. The Morgan fingerprint density at radius 1 is 1.10 bits per heavy atom. The Morgan fingerprint density at radius 2 is 1.75 bits per heavy atom. The number of esters is 1. The monoisotopic (exact) mass is 382 g/mol. The number of nitrogens with zero attached hydrogens (tertiary/aromatic N) is 1. The Hall–Kier alpha value is -1.96. The van der Waals surface area contributed by atoms with Gasteiger partial charge in [0.05, 0.1) is 5.56 Å². The van der Waals surface area contributed by atoms with Gasteiger partial charge in [0, 0.05) is 21.7 Å². The molecule has 0 aliphatic heterocycles. The molecule has 0 fully saturated rings. The fourth-order valence-electron chi connectivity index (χ4n) is 1.43. The molecule has 0 aliphatic rings. The molecule has 0 unspecified atom stereocenters. The number of nitrogens with one attached hydrogen (secondary N) is 1. The van der Waals surface area contributed by atoms with Crippen molar-refractivity contribution < 1.29 is 14.3 Å². The number of amides is 1. The lowest BCUT2D eigenvalue weighted by Crippen LogP contribution is -2.20. The van der Waals surface area contributed by atoms with Gasteiger partial charge >= 0.3 is 5.97 Å². The summed E-state index contributed by atoms with van der Waals surface area (Å²) in [7, 11) is 0. The van der Waals surface area contributed by atoms with Crippen molar-refractivity contribution in [3.8, 4) is 0 Å². The second kappa shape index (κ2) is 6.99. The lowest BCUT2D eigenvalue weighted by molar-refractivity contribution is -0.119. The molecule has 2 aromatic rings. The van der Waals surface area contributed by atoms with Gasteiger partial charge in [0.1, 0.15) is 0 Å². The first-order chi connectivity index (χ1) is 9.65. The zero-order valence-electron chi connectivity index (χ0n) is 10.4. The number of benzene rings is 1. The van der Waals surface area contributed by atoms with Gasteiger partial charge in [0.25, 0.3) is 5.91 Å². The van der Waals surface area contributed by atoms with Gasteiger partial charge in [-0.3, -0.25) is 9.78 Å². The first-order valence-corrected chi connectivity index (χ1v) is 6.85. The molecule has 102 valence electrons. The minimum absolute atomic E-state index is 0.326. The summed E-state index contributed by atoms with van der Waals surface area (Å²) in [5, 5.41) is 2.64. The average molecular weight is 382 g/mol. The van der Waals surface area contributed by atoms with Crippen molar-refractivity contribution in [1.82, 2.24) is 4.98 Å². The summed E-state index contributed by atoms with van der Waals surface area (Å²) in [5.74, 6) is -0.932. The molecule has 0 atom stereocenters. The van der Waals surface area contributed by atoms with Crippen molar-refractivity contribution >= 4 is 40.2 Å². The number of hydrogen-bond donors (Lipinski definition) is 1. The number of aromatic nitrogens is 1. The van der Waals surface area contributed by atoms with E-state index in [4.69, 9.17) is 4.74 Å². The molecule has 6 heteroatoms. The quantitative estimate of drug-likeness (QED) is 0.652. The van der Waals surface area contributed by atoms with Crippen LogP contribution in [0.2, 0.25) is 0 Å². The van der Waals surface area contributed by atoms with Crippen molar-refractivity contribution in [1.29, 1.82) is 0 Å². The van der Waals surface area contributed by atoms with Gasteiger partial charge in [-0.25, -0.2) is 4.79 Å². The van der Waals surface area contributed by atoms with Crippen LogP contribution in [0, 0.1) is 3.57 Å². The van der Waals surface area contributed by atoms with Crippen LogP contribution in [0.4, 0.5) is 5.69 Å². The molecule has 0 saturated heterocycles. The van der Waals surface area contributed by atoms with E-state index in [2.05, 4.69) is 32.9 Å². The minimum Gasteiger partial charge on any atom is -0.452 e. The van der Waals surface area contributed by atoms with E-state index in [1.165, 1.54) is 24.5 Å². The lowest BCUT2D eigenvalue weighted by atomic mass is 10.3. The Kier molecular flexibility index (Phi) is 5.05. The summed E-state index contributed by atoms with van der Waals surface area (Å²) in [4.78, 5) is 27.0. The van der Waals surface area contributed by atoms with Gasteiger partial charge in [0.15, 0.2) is 6.61 Å². The number of rotatable bonds is 4. The highest BCUT2D eigenvalue weighted by Gasteiger charge is 2.09. The Labute approximate surface area is 129 Å². The van der Waals surface area contributed by atoms with Crippen LogP contribution in [-0.4, -0.2) is 23.5 Å². The molecule has 1 aromatic carbocycles. The minimum atomic E-state index is -0.551. The number of hydrogen-bond acceptors (Lipinski definition) is 4. The summed E-state index contributed by atoms with van der Waals surface area (Å²) in [5.41, 5.74) is 1.03. The third-order valence-electron chi connectivity index (χ3n) is 2.38. The summed E-state index contributed by atoms with van der Waals surface area (Å²) in [6.07, 6.45) is 2.98. The van der Waals surface area contributed by atoms with Gasteiger partial charge in [-0.1, -0.05) is 0 Å². The predicted octanol–water partition coefficient (Wildman–Crippen LogP) is 2.48. The highest BCUT2D eigenvalue weighted by atomic mass is 127. The standard InChI is InChI=1S/C14H11IN2O3/c15-11-1-3-12(4-2-11)17-13(18)9-20-14(19)10-5-7-16-8-6-10/h1-8H,9H2,(H,17,18). The Balaban J connectivity index is 1.83. The van der Waals surface area contributed by atoms with E-state index < -0.39 is 5.97 Å². The van der Waals surface area contributed by atoms with Gasteiger partial charge in [-0.05, 0) is 59.0 Å². The number of ether oxygens (including phenoxy) is 1. The maximum Gasteiger partial charge on any atom is 0.338 e. The van der Waals surface area contributed by atoms with E-state index in [-0.39, 0.29) is 12.5 Å². The van der Waals surface area contributed by atoms with Crippen molar-refractivity contribution in [3.05, 3.63) is 57.9 Å². The third-order valence-corrected chi connectivity index (χ3v) is 3.10. The molecular weight excluding hydrogens is 371 g/mol. The number of anilines is 1. The van der Waals surface area contributed by atoms with E-state index in [0.29, 0.717) is 11.3 Å². The second-order valence-electron chi connectivity index (χ2n) is 3.87. The SMILES string of the molecule is O=C(COC(=O)c1ccncc1)Nc1ccc(I)cc1. The van der Waals surface area contributed by atoms with Gasteiger partial charge in [-0.2, -0.15) is 0 Å². The fraction of sp³-hybridized carbons (Fsp3) is 0.0714. The summed E-state index contributed by atoms with van der Waals surface area (Å²) in [6, 6.07) is 10.4. The topological polar surface area (TPSA) is 68.3 Å². The molecular formula is C14H11IN2O3. The fourth-order valence-corrected chi connectivity index (χ4v) is 1.79. The van der Waals surface area contributed by atoms with Crippen LogP contribution >= 0.6 is 22.6 Å². The number of halogens is 1. The van der Waals surface area contributed by atoms with Crippen LogP contribution < -0.4 is 5.32 Å². The van der Waals surface area contributed by atoms with Gasteiger partial charge in [0.2, 0.25) is 0 Å². The summed E-state index contributed by atoms with van der Waals surface area (Å²) in [6.45, 7) is -0.326. The van der Waals surface area contributed by atoms with Crippen molar-refractivity contribution in [2.45, 2.75) is 0 Å². The number of pyridine rings is 1. The molecule has 2 rings (SSSR count). The van der Waals surface area contributed by atoms with E-state index >= 15 is 0 Å².